The molecule has 5 rings (SSSR count). The fourth-order valence-corrected chi connectivity index (χ4v) is 5.04. The van der Waals surface area contributed by atoms with Crippen LogP contribution < -0.4 is 10.6 Å². The van der Waals surface area contributed by atoms with E-state index in [1.54, 1.807) is 6.07 Å². The Morgan fingerprint density at radius 1 is 1.25 bits per heavy atom. The molecule has 2 aromatic heterocycles. The van der Waals surface area contributed by atoms with Crippen LogP contribution in [0.4, 0.5) is 18.2 Å². The second-order valence-corrected chi connectivity index (χ2v) is 8.37. The summed E-state index contributed by atoms with van der Waals surface area (Å²) in [5.41, 5.74) is 0.215. The van der Waals surface area contributed by atoms with Crippen molar-refractivity contribution < 1.29 is 22.8 Å². The van der Waals surface area contributed by atoms with Gasteiger partial charge in [-0.1, -0.05) is 0 Å². The van der Waals surface area contributed by atoms with Gasteiger partial charge in [0, 0.05) is 28.4 Å². The van der Waals surface area contributed by atoms with E-state index in [0.717, 1.165) is 37.3 Å². The van der Waals surface area contributed by atoms with Gasteiger partial charge in [-0.15, -0.1) is 11.3 Å². The minimum Gasteiger partial charge on any atom is -0.346 e. The van der Waals surface area contributed by atoms with Gasteiger partial charge < -0.3 is 10.6 Å². The maximum absolute atomic E-state index is 12.7. The molecule has 2 amide bonds. The fraction of sp³-hybridized carbons (Fsp3) is 0.500. The first-order chi connectivity index (χ1) is 13.2. The average molecular weight is 412 g/mol. The van der Waals surface area contributed by atoms with Crippen molar-refractivity contribution in [2.24, 2.45) is 5.92 Å². The van der Waals surface area contributed by atoms with Crippen molar-refractivity contribution in [1.82, 2.24) is 15.2 Å². The number of hydrogen-bond donors (Lipinski definition) is 2. The third-order valence-electron chi connectivity index (χ3n) is 5.60. The molecule has 3 saturated heterocycles. The Labute approximate surface area is 163 Å². The first-order valence-electron chi connectivity index (χ1n) is 9.05. The zero-order chi connectivity index (χ0) is 20.1. The molecule has 0 aliphatic carbocycles. The van der Waals surface area contributed by atoms with Gasteiger partial charge in [-0.3, -0.25) is 19.5 Å². The SMILES string of the molecule is C[C@H]1[C@H](NC(=O)c2cc3sc(NC(=O)C(F)(F)F)cc3cn2)C2CCN1CC2. The summed E-state index contributed by atoms with van der Waals surface area (Å²) in [6, 6.07) is 3.29. The molecule has 3 aliphatic rings. The van der Waals surface area contributed by atoms with Crippen LogP contribution in [0, 0.1) is 5.92 Å². The number of nitrogens with zero attached hydrogens (tertiary/aromatic N) is 2. The summed E-state index contributed by atoms with van der Waals surface area (Å²) < 4.78 is 37.8. The molecule has 2 N–H and O–H groups in total. The lowest BCUT2D eigenvalue weighted by molar-refractivity contribution is -0.167. The summed E-state index contributed by atoms with van der Waals surface area (Å²) in [4.78, 5) is 30.3. The molecule has 0 unspecified atom stereocenters. The van der Waals surface area contributed by atoms with Crippen LogP contribution in [0.25, 0.3) is 10.1 Å². The number of carbonyl (C=O) groups excluding carboxylic acids is 2. The van der Waals surface area contributed by atoms with Crippen LogP contribution in [0.15, 0.2) is 18.3 Å². The van der Waals surface area contributed by atoms with Crippen LogP contribution >= 0.6 is 11.3 Å². The third kappa shape index (κ3) is 3.58. The van der Waals surface area contributed by atoms with E-state index in [1.807, 2.05) is 5.32 Å². The number of fused-ring (bicyclic) bond motifs is 4. The molecular weight excluding hydrogens is 393 g/mol. The highest BCUT2D eigenvalue weighted by Crippen LogP contribution is 2.33. The largest absolute Gasteiger partial charge is 0.471 e. The first kappa shape index (κ1) is 19.1. The molecule has 150 valence electrons. The minimum atomic E-state index is -4.95. The van der Waals surface area contributed by atoms with Crippen molar-refractivity contribution in [2.75, 3.05) is 18.4 Å². The Balaban J connectivity index is 1.50. The number of nitrogens with one attached hydrogen (secondary N) is 2. The van der Waals surface area contributed by atoms with Gasteiger partial charge in [-0.05, 0) is 50.9 Å². The number of pyridine rings is 1. The van der Waals surface area contributed by atoms with Crippen LogP contribution in [0.2, 0.25) is 0 Å². The van der Waals surface area contributed by atoms with Crippen molar-refractivity contribution in [2.45, 2.75) is 38.0 Å². The molecule has 10 heteroatoms. The van der Waals surface area contributed by atoms with Crippen molar-refractivity contribution >= 4 is 38.2 Å². The zero-order valence-electron chi connectivity index (χ0n) is 15.0. The van der Waals surface area contributed by atoms with E-state index in [0.29, 0.717) is 16.0 Å². The van der Waals surface area contributed by atoms with Crippen molar-refractivity contribution in [3.63, 3.8) is 0 Å². The van der Waals surface area contributed by atoms with Gasteiger partial charge in [0.2, 0.25) is 0 Å². The summed E-state index contributed by atoms with van der Waals surface area (Å²) in [5, 5.41) is 5.54. The molecule has 2 aromatic rings. The molecule has 6 nitrogen and oxygen atoms in total. The predicted molar refractivity (Wildman–Crippen MR) is 99.3 cm³/mol. The molecule has 0 spiro atoms. The maximum Gasteiger partial charge on any atom is 0.471 e. The van der Waals surface area contributed by atoms with E-state index < -0.39 is 12.1 Å². The number of anilines is 1. The average Bonchev–Trinajstić information content (AvgIpc) is 3.05. The number of carbonyl (C=O) groups is 2. The normalized spacial score (nSPS) is 27.0. The quantitative estimate of drug-likeness (QED) is 0.813. The number of amides is 2. The number of alkyl halides is 3. The number of hydrogen-bond acceptors (Lipinski definition) is 5. The standard InChI is InChI=1S/C18H19F3N4O2S/c1-9-15(10-2-4-25(9)5-3-10)24-16(26)12-7-13-11(8-22-12)6-14(28-13)23-17(27)18(19,20)21/h6-10,15H,2-5H2,1H3,(H,23,27)(H,24,26)/t9-,15-/m0/s1. The zero-order valence-corrected chi connectivity index (χ0v) is 15.9. The lowest BCUT2D eigenvalue weighted by Crippen LogP contribution is -2.62. The number of rotatable bonds is 3. The van der Waals surface area contributed by atoms with Crippen LogP contribution in [-0.2, 0) is 4.79 Å². The Kier molecular flexibility index (Phi) is 4.78. The molecular formula is C18H19F3N4O2S. The topological polar surface area (TPSA) is 74.3 Å². The molecule has 5 heterocycles. The number of piperidine rings is 3. The first-order valence-corrected chi connectivity index (χ1v) is 9.86. The molecule has 0 radical (unpaired) electrons. The van der Waals surface area contributed by atoms with Gasteiger partial charge in [-0.2, -0.15) is 13.2 Å². The molecule has 2 bridgehead atoms. The van der Waals surface area contributed by atoms with Crippen molar-refractivity contribution in [3.05, 3.63) is 24.0 Å². The number of aromatic nitrogens is 1. The molecule has 3 fully saturated rings. The lowest BCUT2D eigenvalue weighted by Gasteiger charge is -2.49. The Bertz CT molecular complexity index is 919. The van der Waals surface area contributed by atoms with E-state index in [2.05, 4.69) is 22.1 Å². The second-order valence-electron chi connectivity index (χ2n) is 7.28. The van der Waals surface area contributed by atoms with Gasteiger partial charge in [0.15, 0.2) is 0 Å². The van der Waals surface area contributed by atoms with Crippen molar-refractivity contribution in [1.29, 1.82) is 0 Å². The highest BCUT2D eigenvalue weighted by molar-refractivity contribution is 7.23. The van der Waals surface area contributed by atoms with E-state index in [1.165, 1.54) is 12.3 Å². The smallest absolute Gasteiger partial charge is 0.346 e. The van der Waals surface area contributed by atoms with Crippen LogP contribution in [0.1, 0.15) is 30.3 Å². The highest BCUT2D eigenvalue weighted by atomic mass is 32.1. The van der Waals surface area contributed by atoms with Crippen LogP contribution in [-0.4, -0.2) is 53.0 Å². The number of thiophene rings is 1. The monoisotopic (exact) mass is 412 g/mol. The Morgan fingerprint density at radius 3 is 2.61 bits per heavy atom. The molecule has 2 atom stereocenters. The lowest BCUT2D eigenvalue weighted by atomic mass is 9.79. The highest BCUT2D eigenvalue weighted by Gasteiger charge is 2.41. The van der Waals surface area contributed by atoms with Gasteiger partial charge in [-0.25, -0.2) is 0 Å². The summed E-state index contributed by atoms with van der Waals surface area (Å²) in [7, 11) is 0. The minimum absolute atomic E-state index is 0.0581. The van der Waals surface area contributed by atoms with Crippen LogP contribution in [0.5, 0.6) is 0 Å². The maximum atomic E-state index is 12.7. The molecule has 28 heavy (non-hydrogen) atoms. The Morgan fingerprint density at radius 2 is 1.96 bits per heavy atom. The van der Waals surface area contributed by atoms with E-state index in [9.17, 15) is 22.8 Å². The van der Waals surface area contributed by atoms with E-state index in [4.69, 9.17) is 0 Å². The van der Waals surface area contributed by atoms with Gasteiger partial charge in [0.1, 0.15) is 5.69 Å². The summed E-state index contributed by atoms with van der Waals surface area (Å²) in [6.45, 7) is 4.23. The van der Waals surface area contributed by atoms with Crippen LogP contribution in [0.3, 0.4) is 0 Å². The summed E-state index contributed by atoms with van der Waals surface area (Å²) in [5.74, 6) is -1.86. The predicted octanol–water partition coefficient (Wildman–Crippen LogP) is 3.01. The molecule has 0 saturated carbocycles. The van der Waals surface area contributed by atoms with E-state index >= 15 is 0 Å². The van der Waals surface area contributed by atoms with Gasteiger partial charge in [0.25, 0.3) is 5.91 Å². The Hall–Kier alpha value is -2.20. The van der Waals surface area contributed by atoms with Gasteiger partial charge in [0.05, 0.1) is 5.00 Å². The summed E-state index contributed by atoms with van der Waals surface area (Å²) in [6.07, 6.45) is -1.39. The second kappa shape index (κ2) is 7.00. The third-order valence-corrected chi connectivity index (χ3v) is 6.62. The van der Waals surface area contributed by atoms with E-state index in [-0.39, 0.29) is 28.7 Å². The number of halogens is 3. The van der Waals surface area contributed by atoms with Crippen molar-refractivity contribution in [3.8, 4) is 0 Å². The summed E-state index contributed by atoms with van der Waals surface area (Å²) >= 11 is 0.972. The molecule has 3 aliphatic heterocycles. The fourth-order valence-electron chi connectivity index (χ4n) is 4.07. The van der Waals surface area contributed by atoms with Gasteiger partial charge >= 0.3 is 12.1 Å². The molecule has 0 aromatic carbocycles.